The average Bonchev–Trinajstić information content (AvgIpc) is 3.33. The average molecular weight is 462 g/mol. The number of fused-ring (bicyclic) bond motifs is 3. The Labute approximate surface area is 193 Å². The molecule has 4 aromatic rings. The largest absolute Gasteiger partial charge is 0.342 e. The summed E-state index contributed by atoms with van der Waals surface area (Å²) >= 11 is 13.1. The van der Waals surface area contributed by atoms with Crippen LogP contribution in [0.15, 0.2) is 70.5 Å². The van der Waals surface area contributed by atoms with Crippen LogP contribution in [-0.2, 0) is 0 Å². The van der Waals surface area contributed by atoms with Crippen LogP contribution < -0.4 is 10.8 Å². The summed E-state index contributed by atoms with van der Waals surface area (Å²) in [5.74, 6) is 0.913. The van der Waals surface area contributed by atoms with Crippen LogP contribution in [0, 0.1) is 6.92 Å². The molecular weight excluding hydrogens is 445 g/mol. The minimum Gasteiger partial charge on any atom is -0.342 e. The molecule has 0 saturated carbocycles. The van der Waals surface area contributed by atoms with Gasteiger partial charge >= 0.3 is 0 Å². The van der Waals surface area contributed by atoms with Crippen molar-refractivity contribution in [2.45, 2.75) is 19.8 Å². The van der Waals surface area contributed by atoms with Gasteiger partial charge in [0.05, 0.1) is 29.4 Å². The van der Waals surface area contributed by atoms with E-state index in [0.29, 0.717) is 22.6 Å². The van der Waals surface area contributed by atoms with E-state index in [2.05, 4.69) is 48.8 Å². The van der Waals surface area contributed by atoms with Crippen LogP contribution in [0.3, 0.4) is 0 Å². The zero-order chi connectivity index (χ0) is 21.8. The zero-order valence-electron chi connectivity index (χ0n) is 17.0. The number of allylic oxidation sites excluding steroid dienone is 2. The summed E-state index contributed by atoms with van der Waals surface area (Å²) < 4.78 is 3.64. The third kappa shape index (κ3) is 2.97. The van der Waals surface area contributed by atoms with Crippen molar-refractivity contribution in [2.75, 3.05) is 0 Å². The molecule has 1 aliphatic carbocycles. The number of hydrogen-bond acceptors (Lipinski definition) is 5. The molecule has 1 N–H and O–H groups in total. The normalized spacial score (nSPS) is 15.9. The van der Waals surface area contributed by atoms with Crippen molar-refractivity contribution in [3.05, 3.63) is 87.7 Å². The smallest absolute Gasteiger partial charge is 0.179 e. The molecule has 0 bridgehead atoms. The molecule has 7 nitrogen and oxygen atoms in total. The summed E-state index contributed by atoms with van der Waals surface area (Å²) in [6.07, 6.45) is 8.40. The van der Waals surface area contributed by atoms with Gasteiger partial charge in [0.1, 0.15) is 16.7 Å². The van der Waals surface area contributed by atoms with Crippen molar-refractivity contribution in [3.8, 4) is 5.69 Å². The van der Waals surface area contributed by atoms with Crippen LogP contribution >= 0.6 is 23.4 Å². The molecule has 0 spiro atoms. The number of imidazole rings is 2. The van der Waals surface area contributed by atoms with E-state index in [1.54, 1.807) is 24.9 Å². The Morgan fingerprint density at radius 1 is 1.09 bits per heavy atom. The maximum atomic E-state index is 6.58. The second-order valence-electron chi connectivity index (χ2n) is 7.68. The molecule has 0 unspecified atom stereocenters. The lowest BCUT2D eigenvalue weighted by Gasteiger charge is -2.24. The predicted molar refractivity (Wildman–Crippen MR) is 124 cm³/mol. The minimum atomic E-state index is 0.593. The van der Waals surface area contributed by atoms with Crippen molar-refractivity contribution in [1.82, 2.24) is 28.9 Å². The van der Waals surface area contributed by atoms with Crippen LogP contribution in [0.2, 0.25) is 0 Å². The fraction of sp³-hybridized carbons (Fsp3) is 0.130. The van der Waals surface area contributed by atoms with Gasteiger partial charge in [0.15, 0.2) is 5.49 Å². The fourth-order valence-corrected chi connectivity index (χ4v) is 4.91. The monoisotopic (exact) mass is 461 g/mol. The van der Waals surface area contributed by atoms with Crippen molar-refractivity contribution in [3.63, 3.8) is 0 Å². The molecule has 0 amide bonds. The third-order valence-electron chi connectivity index (χ3n) is 5.78. The molecule has 0 atom stereocenters. The standard InChI is InChI=1S/C23H17Cl2N7/c1-13-29-18-10-26-9-8-20(18)32(13)15-4-2-14(3-5-15)16-6-7-17(24)22-21(16)30-23-19(11-31(22)25)27-12-28-23/h2-5,8-12H,6-7H2,1H3,(H,27,28,30). The number of rotatable bonds is 2. The van der Waals surface area contributed by atoms with E-state index in [-0.39, 0.29) is 0 Å². The van der Waals surface area contributed by atoms with E-state index in [1.807, 2.05) is 13.0 Å². The van der Waals surface area contributed by atoms with Crippen molar-refractivity contribution in [1.29, 1.82) is 0 Å². The number of halogens is 2. The highest BCUT2D eigenvalue weighted by atomic mass is 35.5. The van der Waals surface area contributed by atoms with Gasteiger partial charge in [-0.2, -0.15) is 0 Å². The number of hydrogen-bond donors (Lipinski definition) is 1. The van der Waals surface area contributed by atoms with Crippen LogP contribution in [-0.4, -0.2) is 28.9 Å². The number of aromatic nitrogens is 5. The van der Waals surface area contributed by atoms with E-state index in [1.165, 1.54) is 4.42 Å². The molecule has 3 aromatic heterocycles. The molecule has 1 aromatic carbocycles. The second-order valence-corrected chi connectivity index (χ2v) is 8.50. The van der Waals surface area contributed by atoms with E-state index < -0.39 is 0 Å². The maximum absolute atomic E-state index is 6.58. The quantitative estimate of drug-likeness (QED) is 0.458. The van der Waals surface area contributed by atoms with Crippen LogP contribution in [0.4, 0.5) is 0 Å². The van der Waals surface area contributed by atoms with Crippen molar-refractivity contribution >= 4 is 46.2 Å². The van der Waals surface area contributed by atoms with E-state index >= 15 is 0 Å². The molecule has 9 heteroatoms. The zero-order valence-corrected chi connectivity index (χ0v) is 18.6. The Hall–Kier alpha value is -3.42. The number of aromatic amines is 1. The lowest BCUT2D eigenvalue weighted by atomic mass is 9.93. The first-order valence-electron chi connectivity index (χ1n) is 10.2. The SMILES string of the molecule is Cc1nc2cnccc2n1-c1ccc(C2=C3N=c4nc[nH]c4=CN(Cl)C3=C(Cl)CC2)cc1. The lowest BCUT2D eigenvalue weighted by Crippen LogP contribution is -2.25. The Morgan fingerprint density at radius 2 is 1.94 bits per heavy atom. The first kappa shape index (κ1) is 19.3. The lowest BCUT2D eigenvalue weighted by molar-refractivity contribution is 0.777. The van der Waals surface area contributed by atoms with Gasteiger partial charge < -0.3 is 4.98 Å². The molecule has 4 heterocycles. The van der Waals surface area contributed by atoms with Crippen LogP contribution in [0.25, 0.3) is 28.5 Å². The van der Waals surface area contributed by atoms with E-state index in [0.717, 1.165) is 51.1 Å². The molecule has 2 aliphatic rings. The molecular formula is C23H17Cl2N7. The summed E-state index contributed by atoms with van der Waals surface area (Å²) in [4.78, 5) is 21.0. The van der Waals surface area contributed by atoms with Crippen molar-refractivity contribution < 1.29 is 0 Å². The minimum absolute atomic E-state index is 0.593. The van der Waals surface area contributed by atoms with E-state index in [9.17, 15) is 0 Å². The first-order chi connectivity index (χ1) is 15.6. The second kappa shape index (κ2) is 7.32. The van der Waals surface area contributed by atoms with E-state index in [4.69, 9.17) is 28.4 Å². The van der Waals surface area contributed by atoms with Crippen molar-refractivity contribution in [2.24, 2.45) is 4.99 Å². The van der Waals surface area contributed by atoms with Crippen LogP contribution in [0.5, 0.6) is 0 Å². The van der Waals surface area contributed by atoms with Gasteiger partial charge in [0, 0.05) is 34.9 Å². The molecule has 1 aliphatic heterocycles. The molecule has 32 heavy (non-hydrogen) atoms. The number of nitrogens with zero attached hydrogens (tertiary/aromatic N) is 6. The highest BCUT2D eigenvalue weighted by Crippen LogP contribution is 2.41. The van der Waals surface area contributed by atoms with Gasteiger partial charge in [0.2, 0.25) is 0 Å². The van der Waals surface area contributed by atoms with Crippen LogP contribution in [0.1, 0.15) is 24.2 Å². The highest BCUT2D eigenvalue weighted by molar-refractivity contribution is 6.31. The number of H-pyrrole nitrogens is 1. The third-order valence-corrected chi connectivity index (χ3v) is 6.42. The molecule has 0 fully saturated rings. The maximum Gasteiger partial charge on any atom is 0.179 e. The Bertz CT molecular complexity index is 1560. The summed E-state index contributed by atoms with van der Waals surface area (Å²) in [6, 6.07) is 10.4. The number of aryl methyl sites for hydroxylation is 1. The van der Waals surface area contributed by atoms with Gasteiger partial charge in [-0.1, -0.05) is 23.7 Å². The van der Waals surface area contributed by atoms with Gasteiger partial charge in [0.25, 0.3) is 0 Å². The number of nitrogens with one attached hydrogen (secondary N) is 1. The summed E-state index contributed by atoms with van der Waals surface area (Å²) in [5.41, 5.74) is 7.14. The highest BCUT2D eigenvalue weighted by Gasteiger charge is 2.27. The molecule has 158 valence electrons. The Kier molecular flexibility index (Phi) is 4.41. The van der Waals surface area contributed by atoms with Gasteiger partial charge in [-0.3, -0.25) is 14.0 Å². The summed E-state index contributed by atoms with van der Waals surface area (Å²) in [5, 5.41) is 1.43. The number of pyridine rings is 1. The van der Waals surface area contributed by atoms with Gasteiger partial charge in [-0.05, 0) is 49.1 Å². The fourth-order valence-electron chi connectivity index (χ4n) is 4.32. The predicted octanol–water partition coefficient (Wildman–Crippen LogP) is 3.93. The summed E-state index contributed by atoms with van der Waals surface area (Å²) in [7, 11) is 0. The summed E-state index contributed by atoms with van der Waals surface area (Å²) in [6.45, 7) is 2.00. The van der Waals surface area contributed by atoms with Gasteiger partial charge in [-0.25, -0.2) is 15.0 Å². The topological polar surface area (TPSA) is 75.0 Å². The first-order valence-corrected chi connectivity index (χ1v) is 10.9. The molecule has 6 rings (SSSR count). The Morgan fingerprint density at radius 3 is 2.78 bits per heavy atom. The number of benzene rings is 1. The van der Waals surface area contributed by atoms with Gasteiger partial charge in [-0.15, -0.1) is 0 Å². The Balaban J connectivity index is 1.50. The molecule has 0 saturated heterocycles. The molecule has 0 radical (unpaired) electrons.